The molecule has 0 amide bonds. The summed E-state index contributed by atoms with van der Waals surface area (Å²) in [6, 6.07) is 6.61. The molecule has 0 spiro atoms. The first kappa shape index (κ1) is 13.7. The fraction of sp³-hybridized carbons (Fsp3) is 0.571. The first-order valence-corrected chi connectivity index (χ1v) is 7.34. The molecule has 1 aliphatic carbocycles. The van der Waals surface area contributed by atoms with Gasteiger partial charge in [0.05, 0.1) is 11.6 Å². The van der Waals surface area contributed by atoms with Crippen LogP contribution in [0, 0.1) is 5.92 Å². The first-order chi connectivity index (χ1) is 8.74. The standard InChI is InChI=1S/C14H21BrN2O/c1-18-14-7-6-11(8-12(14)15)17-13-5-3-2-4-10(13)9-16/h6-8,10,13,17H,2-5,9,16H2,1H3. The number of ether oxygens (including phenoxy) is 1. The molecule has 0 aromatic heterocycles. The van der Waals surface area contributed by atoms with Gasteiger partial charge in [0.2, 0.25) is 0 Å². The summed E-state index contributed by atoms with van der Waals surface area (Å²) in [4.78, 5) is 0. The van der Waals surface area contributed by atoms with Crippen molar-refractivity contribution < 1.29 is 4.74 Å². The number of methoxy groups -OCH3 is 1. The van der Waals surface area contributed by atoms with Crippen LogP contribution >= 0.6 is 15.9 Å². The molecule has 1 aliphatic rings. The van der Waals surface area contributed by atoms with Gasteiger partial charge in [-0.15, -0.1) is 0 Å². The SMILES string of the molecule is COc1ccc(NC2CCCCC2CN)cc1Br. The van der Waals surface area contributed by atoms with Gasteiger partial charge in [0.25, 0.3) is 0 Å². The lowest BCUT2D eigenvalue weighted by molar-refractivity contribution is 0.332. The lowest BCUT2D eigenvalue weighted by atomic mass is 9.84. The molecule has 18 heavy (non-hydrogen) atoms. The molecule has 2 unspecified atom stereocenters. The van der Waals surface area contributed by atoms with E-state index in [1.807, 2.05) is 6.07 Å². The molecule has 0 aliphatic heterocycles. The van der Waals surface area contributed by atoms with Crippen LogP contribution in [-0.2, 0) is 0 Å². The fourth-order valence-corrected chi connectivity index (χ4v) is 3.19. The number of benzene rings is 1. The molecule has 1 fully saturated rings. The smallest absolute Gasteiger partial charge is 0.133 e. The molecule has 0 bridgehead atoms. The van der Waals surface area contributed by atoms with E-state index in [1.165, 1.54) is 25.7 Å². The maximum atomic E-state index is 5.85. The van der Waals surface area contributed by atoms with E-state index in [9.17, 15) is 0 Å². The molecule has 1 saturated carbocycles. The van der Waals surface area contributed by atoms with Crippen LogP contribution in [0.25, 0.3) is 0 Å². The van der Waals surface area contributed by atoms with Crippen LogP contribution in [0.3, 0.4) is 0 Å². The van der Waals surface area contributed by atoms with Crippen LogP contribution in [0.5, 0.6) is 5.75 Å². The lowest BCUT2D eigenvalue weighted by Gasteiger charge is -2.32. The number of nitrogens with two attached hydrogens (primary N) is 1. The van der Waals surface area contributed by atoms with Gasteiger partial charge in [-0.05, 0) is 59.4 Å². The van der Waals surface area contributed by atoms with E-state index in [4.69, 9.17) is 10.5 Å². The minimum Gasteiger partial charge on any atom is -0.496 e. The van der Waals surface area contributed by atoms with Crippen LogP contribution in [-0.4, -0.2) is 19.7 Å². The molecular weight excluding hydrogens is 292 g/mol. The molecule has 0 heterocycles. The Kier molecular flexibility index (Phi) is 4.89. The van der Waals surface area contributed by atoms with Gasteiger partial charge in [-0.3, -0.25) is 0 Å². The van der Waals surface area contributed by atoms with Crippen molar-refractivity contribution in [2.24, 2.45) is 11.7 Å². The number of halogens is 1. The summed E-state index contributed by atoms with van der Waals surface area (Å²) < 4.78 is 6.22. The lowest BCUT2D eigenvalue weighted by Crippen LogP contribution is -2.36. The predicted octanol–water partition coefficient (Wildman–Crippen LogP) is 3.39. The van der Waals surface area contributed by atoms with Crippen molar-refractivity contribution in [1.29, 1.82) is 0 Å². The molecule has 1 aromatic rings. The van der Waals surface area contributed by atoms with Crippen molar-refractivity contribution in [1.82, 2.24) is 0 Å². The van der Waals surface area contributed by atoms with Gasteiger partial charge in [0, 0.05) is 11.7 Å². The zero-order valence-corrected chi connectivity index (χ0v) is 12.4. The summed E-state index contributed by atoms with van der Waals surface area (Å²) in [6.07, 6.45) is 5.06. The maximum Gasteiger partial charge on any atom is 0.133 e. The highest BCUT2D eigenvalue weighted by Gasteiger charge is 2.23. The predicted molar refractivity (Wildman–Crippen MR) is 79.1 cm³/mol. The Morgan fingerprint density at radius 1 is 1.39 bits per heavy atom. The number of rotatable bonds is 4. The van der Waals surface area contributed by atoms with E-state index in [-0.39, 0.29) is 0 Å². The summed E-state index contributed by atoms with van der Waals surface area (Å²) in [5, 5.41) is 3.61. The molecule has 0 radical (unpaired) electrons. The van der Waals surface area contributed by atoms with E-state index in [2.05, 4.69) is 33.4 Å². The Balaban J connectivity index is 2.05. The Hall–Kier alpha value is -0.740. The van der Waals surface area contributed by atoms with Gasteiger partial charge in [-0.2, -0.15) is 0 Å². The van der Waals surface area contributed by atoms with E-state index < -0.39 is 0 Å². The zero-order chi connectivity index (χ0) is 13.0. The van der Waals surface area contributed by atoms with Gasteiger partial charge < -0.3 is 15.8 Å². The summed E-state index contributed by atoms with van der Waals surface area (Å²) in [7, 11) is 1.68. The second kappa shape index (κ2) is 6.43. The number of nitrogens with one attached hydrogen (secondary N) is 1. The van der Waals surface area contributed by atoms with E-state index in [0.717, 1.165) is 22.5 Å². The largest absolute Gasteiger partial charge is 0.496 e. The summed E-state index contributed by atoms with van der Waals surface area (Å²) >= 11 is 3.51. The van der Waals surface area contributed by atoms with E-state index in [1.54, 1.807) is 7.11 Å². The first-order valence-electron chi connectivity index (χ1n) is 6.54. The topological polar surface area (TPSA) is 47.3 Å². The van der Waals surface area contributed by atoms with E-state index in [0.29, 0.717) is 12.0 Å². The summed E-state index contributed by atoms with van der Waals surface area (Å²) in [6.45, 7) is 0.773. The van der Waals surface area contributed by atoms with Crippen LogP contribution < -0.4 is 15.8 Å². The fourth-order valence-electron chi connectivity index (χ4n) is 2.65. The van der Waals surface area contributed by atoms with Crippen LogP contribution in [0.15, 0.2) is 22.7 Å². The van der Waals surface area contributed by atoms with Crippen LogP contribution in [0.2, 0.25) is 0 Å². The normalized spacial score (nSPS) is 23.7. The van der Waals surface area contributed by atoms with Crippen molar-refractivity contribution in [3.05, 3.63) is 22.7 Å². The van der Waals surface area contributed by atoms with Gasteiger partial charge in [-0.25, -0.2) is 0 Å². The van der Waals surface area contributed by atoms with Crippen LogP contribution in [0.4, 0.5) is 5.69 Å². The van der Waals surface area contributed by atoms with Crippen molar-refractivity contribution in [2.45, 2.75) is 31.7 Å². The van der Waals surface area contributed by atoms with Gasteiger partial charge in [0.15, 0.2) is 0 Å². The van der Waals surface area contributed by atoms with Crippen molar-refractivity contribution in [2.75, 3.05) is 19.0 Å². The number of hydrogen-bond donors (Lipinski definition) is 2. The molecule has 4 heteroatoms. The molecule has 2 rings (SSSR count). The Bertz CT molecular complexity index is 397. The van der Waals surface area contributed by atoms with Gasteiger partial charge >= 0.3 is 0 Å². The minimum absolute atomic E-state index is 0.504. The third-order valence-corrected chi connectivity index (χ3v) is 4.34. The quantitative estimate of drug-likeness (QED) is 0.896. The number of hydrogen-bond acceptors (Lipinski definition) is 3. The van der Waals surface area contributed by atoms with Crippen molar-refractivity contribution in [3.8, 4) is 5.75 Å². The van der Waals surface area contributed by atoms with Crippen molar-refractivity contribution >= 4 is 21.6 Å². The molecule has 1 aromatic carbocycles. The van der Waals surface area contributed by atoms with Crippen molar-refractivity contribution in [3.63, 3.8) is 0 Å². The number of anilines is 1. The Morgan fingerprint density at radius 3 is 2.83 bits per heavy atom. The highest BCUT2D eigenvalue weighted by atomic mass is 79.9. The molecule has 3 N–H and O–H groups in total. The van der Waals surface area contributed by atoms with Crippen LogP contribution in [0.1, 0.15) is 25.7 Å². The minimum atomic E-state index is 0.504. The maximum absolute atomic E-state index is 5.85. The van der Waals surface area contributed by atoms with Gasteiger partial charge in [-0.1, -0.05) is 12.8 Å². The molecule has 100 valence electrons. The summed E-state index contributed by atoms with van der Waals surface area (Å²) in [5.41, 5.74) is 6.99. The molecule has 3 nitrogen and oxygen atoms in total. The third kappa shape index (κ3) is 3.18. The van der Waals surface area contributed by atoms with Gasteiger partial charge in [0.1, 0.15) is 5.75 Å². The highest BCUT2D eigenvalue weighted by molar-refractivity contribution is 9.10. The molecule has 2 atom stereocenters. The second-order valence-electron chi connectivity index (χ2n) is 4.88. The Morgan fingerprint density at radius 2 is 2.17 bits per heavy atom. The average molecular weight is 313 g/mol. The second-order valence-corrected chi connectivity index (χ2v) is 5.73. The highest BCUT2D eigenvalue weighted by Crippen LogP contribution is 2.31. The molecular formula is C14H21BrN2O. The molecule has 0 saturated heterocycles. The third-order valence-electron chi connectivity index (χ3n) is 3.72. The average Bonchev–Trinajstić information content (AvgIpc) is 2.39. The Labute approximate surface area is 117 Å². The summed E-state index contributed by atoms with van der Waals surface area (Å²) in [5.74, 6) is 1.46. The zero-order valence-electron chi connectivity index (χ0n) is 10.8. The van der Waals surface area contributed by atoms with E-state index >= 15 is 0 Å². The monoisotopic (exact) mass is 312 g/mol.